The Morgan fingerprint density at radius 2 is 2.00 bits per heavy atom. The lowest BCUT2D eigenvalue weighted by Crippen LogP contribution is -2.10. The van der Waals surface area contributed by atoms with Crippen molar-refractivity contribution < 1.29 is 14.6 Å². The Kier molecular flexibility index (Phi) is 3.66. The van der Waals surface area contributed by atoms with Crippen LogP contribution in [0.15, 0.2) is 36.4 Å². The van der Waals surface area contributed by atoms with Crippen LogP contribution in [0, 0.1) is 6.92 Å². The highest BCUT2D eigenvalue weighted by atomic mass is 16.5. The van der Waals surface area contributed by atoms with Crippen LogP contribution < -0.4 is 10.1 Å². The summed E-state index contributed by atoms with van der Waals surface area (Å²) in [4.78, 5) is 11.8. The van der Waals surface area contributed by atoms with E-state index in [0.29, 0.717) is 27.8 Å². The van der Waals surface area contributed by atoms with Gasteiger partial charge in [-0.15, -0.1) is 0 Å². The number of carbonyl (C=O) groups is 1. The third-order valence-corrected chi connectivity index (χ3v) is 3.03. The van der Waals surface area contributed by atoms with Gasteiger partial charge in [0.25, 0.3) is 0 Å². The molecule has 0 atom stereocenters. The normalized spacial score (nSPS) is 10.3. The zero-order valence-electron chi connectivity index (χ0n) is 11.8. The summed E-state index contributed by atoms with van der Waals surface area (Å²) in [7, 11) is 1.70. The van der Waals surface area contributed by atoms with Crippen molar-refractivity contribution in [1.29, 1.82) is 0 Å². The SMILES string of the molecule is C=C(C)C(=O)Oc1c(NC)cc(O)c2cc(C)ccc12. The number of phenols is 1. The molecular weight excluding hydrogens is 254 g/mol. The van der Waals surface area contributed by atoms with Gasteiger partial charge in [-0.25, -0.2) is 4.79 Å². The number of carbonyl (C=O) groups excluding carboxylic acids is 1. The summed E-state index contributed by atoms with van der Waals surface area (Å²) in [5.41, 5.74) is 1.89. The van der Waals surface area contributed by atoms with Crippen molar-refractivity contribution in [1.82, 2.24) is 0 Å². The summed E-state index contributed by atoms with van der Waals surface area (Å²) in [6.45, 7) is 7.10. The van der Waals surface area contributed by atoms with E-state index in [1.165, 1.54) is 0 Å². The van der Waals surface area contributed by atoms with E-state index in [1.54, 1.807) is 20.0 Å². The second-order valence-corrected chi connectivity index (χ2v) is 4.74. The first kappa shape index (κ1) is 13.9. The van der Waals surface area contributed by atoms with Crippen molar-refractivity contribution in [2.75, 3.05) is 12.4 Å². The van der Waals surface area contributed by atoms with E-state index in [4.69, 9.17) is 4.74 Å². The Balaban J connectivity index is 2.69. The van der Waals surface area contributed by atoms with Crippen LogP contribution in [-0.2, 0) is 4.79 Å². The number of aromatic hydroxyl groups is 1. The fourth-order valence-electron chi connectivity index (χ4n) is 1.97. The Morgan fingerprint density at radius 3 is 2.60 bits per heavy atom. The van der Waals surface area contributed by atoms with Crippen molar-refractivity contribution in [3.8, 4) is 11.5 Å². The molecule has 4 nitrogen and oxygen atoms in total. The number of aryl methyl sites for hydroxylation is 1. The molecule has 0 aromatic heterocycles. The van der Waals surface area contributed by atoms with Gasteiger partial charge in [-0.2, -0.15) is 0 Å². The maximum absolute atomic E-state index is 11.8. The molecule has 0 radical (unpaired) electrons. The number of rotatable bonds is 3. The molecule has 0 amide bonds. The number of esters is 1. The molecule has 0 aliphatic rings. The molecule has 0 aliphatic carbocycles. The predicted octanol–water partition coefficient (Wildman–Crippen LogP) is 3.38. The van der Waals surface area contributed by atoms with Crippen LogP contribution in [0.5, 0.6) is 11.5 Å². The van der Waals surface area contributed by atoms with Gasteiger partial charge < -0.3 is 15.2 Å². The Hall–Kier alpha value is -2.49. The lowest BCUT2D eigenvalue weighted by molar-refractivity contribution is -0.129. The van der Waals surface area contributed by atoms with Gasteiger partial charge in [0.1, 0.15) is 5.75 Å². The molecule has 2 N–H and O–H groups in total. The van der Waals surface area contributed by atoms with Crippen LogP contribution in [0.4, 0.5) is 5.69 Å². The van der Waals surface area contributed by atoms with Crippen LogP contribution in [0.2, 0.25) is 0 Å². The van der Waals surface area contributed by atoms with Crippen molar-refractivity contribution in [3.63, 3.8) is 0 Å². The highest BCUT2D eigenvalue weighted by molar-refractivity contribution is 6.01. The van der Waals surface area contributed by atoms with Crippen LogP contribution >= 0.6 is 0 Å². The van der Waals surface area contributed by atoms with E-state index in [2.05, 4.69) is 11.9 Å². The molecule has 4 heteroatoms. The highest BCUT2D eigenvalue weighted by Gasteiger charge is 2.16. The first-order valence-electron chi connectivity index (χ1n) is 6.25. The number of benzene rings is 2. The number of phenolic OH excluding ortho intramolecular Hbond substituents is 1. The number of hydrogen-bond acceptors (Lipinski definition) is 4. The standard InChI is InChI=1S/C16H17NO3/c1-9(2)16(19)20-15-11-6-5-10(3)7-12(11)14(18)8-13(15)17-4/h5-8,17-18H,1H2,2-4H3. The topological polar surface area (TPSA) is 58.6 Å². The van der Waals surface area contributed by atoms with Gasteiger partial charge in [0.05, 0.1) is 5.69 Å². The lowest BCUT2D eigenvalue weighted by atomic mass is 10.0. The quantitative estimate of drug-likeness (QED) is 0.510. The Bertz CT molecular complexity index is 704. The molecule has 0 aliphatic heterocycles. The van der Waals surface area contributed by atoms with Crippen molar-refractivity contribution in [2.45, 2.75) is 13.8 Å². The molecular formula is C16H17NO3. The number of hydrogen-bond donors (Lipinski definition) is 2. The van der Waals surface area contributed by atoms with E-state index < -0.39 is 5.97 Å². The summed E-state index contributed by atoms with van der Waals surface area (Å²) in [5.74, 6) is 0.0468. The summed E-state index contributed by atoms with van der Waals surface area (Å²) >= 11 is 0. The van der Waals surface area contributed by atoms with Gasteiger partial charge in [0.2, 0.25) is 0 Å². The minimum Gasteiger partial charge on any atom is -0.507 e. The molecule has 2 rings (SSSR count). The van der Waals surface area contributed by atoms with Gasteiger partial charge in [0, 0.05) is 29.5 Å². The minimum absolute atomic E-state index is 0.142. The third kappa shape index (κ3) is 2.45. The summed E-state index contributed by atoms with van der Waals surface area (Å²) < 4.78 is 5.39. The first-order chi connectivity index (χ1) is 9.43. The Labute approximate surface area is 117 Å². The molecule has 2 aromatic carbocycles. The fourth-order valence-corrected chi connectivity index (χ4v) is 1.97. The van der Waals surface area contributed by atoms with Crippen LogP contribution in [-0.4, -0.2) is 18.1 Å². The average molecular weight is 271 g/mol. The zero-order chi connectivity index (χ0) is 14.9. The molecule has 2 aromatic rings. The molecule has 0 heterocycles. The van der Waals surface area contributed by atoms with Gasteiger partial charge in [-0.05, 0) is 19.9 Å². The number of ether oxygens (including phenoxy) is 1. The van der Waals surface area contributed by atoms with Gasteiger partial charge >= 0.3 is 5.97 Å². The van der Waals surface area contributed by atoms with E-state index >= 15 is 0 Å². The molecule has 104 valence electrons. The predicted molar refractivity (Wildman–Crippen MR) is 80.3 cm³/mol. The fraction of sp³-hybridized carbons (Fsp3) is 0.188. The molecule has 0 spiro atoms. The van der Waals surface area contributed by atoms with Crippen LogP contribution in [0.3, 0.4) is 0 Å². The molecule has 0 fully saturated rings. The summed E-state index contributed by atoms with van der Waals surface area (Å²) in [5, 5.41) is 14.3. The van der Waals surface area contributed by atoms with Gasteiger partial charge in [-0.1, -0.05) is 24.3 Å². The smallest absolute Gasteiger partial charge is 0.338 e. The zero-order valence-corrected chi connectivity index (χ0v) is 11.8. The van der Waals surface area contributed by atoms with Crippen molar-refractivity contribution in [2.24, 2.45) is 0 Å². The van der Waals surface area contributed by atoms with Crippen molar-refractivity contribution in [3.05, 3.63) is 42.0 Å². The van der Waals surface area contributed by atoms with Gasteiger partial charge in [0.15, 0.2) is 5.75 Å². The third-order valence-electron chi connectivity index (χ3n) is 3.03. The maximum Gasteiger partial charge on any atom is 0.338 e. The largest absolute Gasteiger partial charge is 0.507 e. The molecule has 0 bridgehead atoms. The second-order valence-electron chi connectivity index (χ2n) is 4.74. The number of anilines is 1. The van der Waals surface area contributed by atoms with Crippen LogP contribution in [0.25, 0.3) is 10.8 Å². The molecule has 0 saturated heterocycles. The number of fused-ring (bicyclic) bond motifs is 1. The van der Waals surface area contributed by atoms with E-state index in [1.807, 2.05) is 25.1 Å². The molecule has 0 unspecified atom stereocenters. The van der Waals surface area contributed by atoms with E-state index in [-0.39, 0.29) is 5.75 Å². The second kappa shape index (κ2) is 5.25. The summed E-state index contributed by atoms with van der Waals surface area (Å²) in [6, 6.07) is 7.12. The van der Waals surface area contributed by atoms with Crippen molar-refractivity contribution >= 4 is 22.4 Å². The highest BCUT2D eigenvalue weighted by Crippen LogP contribution is 2.40. The molecule has 20 heavy (non-hydrogen) atoms. The Morgan fingerprint density at radius 1 is 1.30 bits per heavy atom. The lowest BCUT2D eigenvalue weighted by Gasteiger charge is -2.14. The number of nitrogens with one attached hydrogen (secondary N) is 1. The van der Waals surface area contributed by atoms with E-state index in [0.717, 1.165) is 5.56 Å². The average Bonchev–Trinajstić information content (AvgIpc) is 2.41. The maximum atomic E-state index is 11.8. The molecule has 0 saturated carbocycles. The first-order valence-corrected chi connectivity index (χ1v) is 6.25. The van der Waals surface area contributed by atoms with E-state index in [9.17, 15) is 9.90 Å². The monoisotopic (exact) mass is 271 g/mol. The minimum atomic E-state index is -0.492. The van der Waals surface area contributed by atoms with Crippen LogP contribution in [0.1, 0.15) is 12.5 Å². The van der Waals surface area contributed by atoms with Gasteiger partial charge in [-0.3, -0.25) is 0 Å². The summed E-state index contributed by atoms with van der Waals surface area (Å²) in [6.07, 6.45) is 0.